The van der Waals surface area contributed by atoms with Gasteiger partial charge < -0.3 is 20.6 Å². The lowest BCUT2D eigenvalue weighted by Crippen LogP contribution is -2.56. The summed E-state index contributed by atoms with van der Waals surface area (Å²) in [6.45, 7) is 7.67. The molecule has 37 heavy (non-hydrogen) atoms. The molecule has 1 saturated heterocycles. The monoisotopic (exact) mass is 515 g/mol. The van der Waals surface area contributed by atoms with Crippen molar-refractivity contribution in [3.63, 3.8) is 0 Å². The molecule has 2 fully saturated rings. The van der Waals surface area contributed by atoms with Gasteiger partial charge in [0, 0.05) is 19.9 Å². The zero-order valence-corrected chi connectivity index (χ0v) is 22.9. The van der Waals surface area contributed by atoms with E-state index in [1.165, 1.54) is 31.1 Å². The molecule has 0 radical (unpaired) electrons. The van der Waals surface area contributed by atoms with Crippen LogP contribution in [0.2, 0.25) is 0 Å². The average molecular weight is 516 g/mol. The van der Waals surface area contributed by atoms with Crippen LogP contribution in [0.5, 0.6) is 0 Å². The molecule has 3 amide bonds. The molecule has 1 aromatic rings. The Balaban J connectivity index is 0.00000149. The van der Waals surface area contributed by atoms with E-state index in [1.54, 1.807) is 0 Å². The Kier molecular flexibility index (Phi) is 12.8. The Morgan fingerprint density at radius 3 is 2.22 bits per heavy atom. The van der Waals surface area contributed by atoms with Crippen molar-refractivity contribution in [2.24, 2.45) is 5.92 Å². The maximum atomic E-state index is 13.2. The van der Waals surface area contributed by atoms with Crippen LogP contribution in [0.4, 0.5) is 0 Å². The molecular weight excluding hydrogens is 470 g/mol. The summed E-state index contributed by atoms with van der Waals surface area (Å²) in [5.41, 5.74) is 0.801. The number of nitrogens with one attached hydrogen (secondary N) is 2. The largest absolute Gasteiger partial charge is 0.383 e. The third kappa shape index (κ3) is 10.6. The van der Waals surface area contributed by atoms with Gasteiger partial charge in [0.1, 0.15) is 18.2 Å². The predicted molar refractivity (Wildman–Crippen MR) is 144 cm³/mol. The SMILES string of the molecule is C1CC1.CCC[C@H](NC(=O)[C@@H]1CCCN1C(=O)[C@H](CC(C)C)NC(C)=O)C(O)C(=O)Cc1ccccc1. The van der Waals surface area contributed by atoms with Crippen molar-refractivity contribution in [1.82, 2.24) is 15.5 Å². The number of carbonyl (C=O) groups is 4. The summed E-state index contributed by atoms with van der Waals surface area (Å²) < 4.78 is 0. The molecule has 2 aliphatic rings. The van der Waals surface area contributed by atoms with Gasteiger partial charge in [0.05, 0.1) is 6.04 Å². The van der Waals surface area contributed by atoms with E-state index in [9.17, 15) is 24.3 Å². The number of rotatable bonds is 12. The second-order valence-corrected chi connectivity index (χ2v) is 10.6. The van der Waals surface area contributed by atoms with Crippen LogP contribution in [-0.4, -0.2) is 64.3 Å². The van der Waals surface area contributed by atoms with E-state index in [0.717, 1.165) is 5.56 Å². The van der Waals surface area contributed by atoms with Crippen LogP contribution in [0.3, 0.4) is 0 Å². The number of likely N-dealkylation sites (tertiary alicyclic amines) is 1. The summed E-state index contributed by atoms with van der Waals surface area (Å²) >= 11 is 0. The summed E-state index contributed by atoms with van der Waals surface area (Å²) in [7, 11) is 0. The van der Waals surface area contributed by atoms with Crippen LogP contribution in [0, 0.1) is 5.92 Å². The van der Waals surface area contributed by atoms with E-state index in [4.69, 9.17) is 0 Å². The standard InChI is InChI=1S/C26H39N3O5.C3H6/c1-5-10-20(24(32)23(31)16-19-11-7-6-8-12-19)28-25(33)22-13-9-14-29(22)26(34)21(15-17(2)3)27-18(4)30;1-2-3-1/h6-8,11-12,17,20-22,24,32H,5,9-10,13-16H2,1-4H3,(H,27,30)(H,28,33);1-3H2/t20-,21-,22-,24?;/m0./s1. The second-order valence-electron chi connectivity index (χ2n) is 10.6. The molecule has 0 aromatic heterocycles. The Morgan fingerprint density at radius 1 is 1.03 bits per heavy atom. The summed E-state index contributed by atoms with van der Waals surface area (Å²) in [5, 5.41) is 16.3. The predicted octanol–water partition coefficient (Wildman–Crippen LogP) is 3.16. The van der Waals surface area contributed by atoms with Gasteiger partial charge in [-0.05, 0) is 37.2 Å². The van der Waals surface area contributed by atoms with Gasteiger partial charge in [0.15, 0.2) is 5.78 Å². The second kappa shape index (κ2) is 15.5. The fraction of sp³-hybridized carbons (Fsp3) is 0.655. The number of hydrogen-bond acceptors (Lipinski definition) is 5. The van der Waals surface area contributed by atoms with Crippen molar-refractivity contribution < 1.29 is 24.3 Å². The van der Waals surface area contributed by atoms with Crippen molar-refractivity contribution in [3.05, 3.63) is 35.9 Å². The molecule has 1 heterocycles. The molecule has 0 bridgehead atoms. The van der Waals surface area contributed by atoms with E-state index in [1.807, 2.05) is 51.1 Å². The van der Waals surface area contributed by atoms with E-state index < -0.39 is 24.2 Å². The van der Waals surface area contributed by atoms with Gasteiger partial charge in [-0.15, -0.1) is 0 Å². The molecule has 8 nitrogen and oxygen atoms in total. The number of Topliss-reactive ketones (excluding diaryl/α,β-unsaturated/α-hetero) is 1. The number of aliphatic hydroxyl groups excluding tert-OH is 1. The molecule has 4 atom stereocenters. The molecule has 1 unspecified atom stereocenters. The van der Waals surface area contributed by atoms with Crippen molar-refractivity contribution in [2.45, 2.75) is 110 Å². The molecule has 1 saturated carbocycles. The number of ketones is 1. The number of aliphatic hydroxyl groups is 1. The van der Waals surface area contributed by atoms with Crippen molar-refractivity contribution in [3.8, 4) is 0 Å². The average Bonchev–Trinajstić information content (AvgIpc) is 3.66. The summed E-state index contributed by atoms with van der Waals surface area (Å²) in [5.74, 6) is -1.10. The third-order valence-corrected chi connectivity index (χ3v) is 6.43. The van der Waals surface area contributed by atoms with E-state index >= 15 is 0 Å². The Morgan fingerprint density at radius 2 is 1.68 bits per heavy atom. The molecule has 1 aromatic carbocycles. The number of carbonyl (C=O) groups excluding carboxylic acids is 4. The minimum absolute atomic E-state index is 0.0831. The molecule has 3 rings (SSSR count). The third-order valence-electron chi connectivity index (χ3n) is 6.43. The van der Waals surface area contributed by atoms with Crippen LogP contribution < -0.4 is 10.6 Å². The number of benzene rings is 1. The summed E-state index contributed by atoms with van der Waals surface area (Å²) in [4.78, 5) is 52.3. The molecular formula is C29H45N3O5. The Hall–Kier alpha value is -2.74. The highest BCUT2D eigenvalue weighted by Crippen LogP contribution is 2.21. The fourth-order valence-electron chi connectivity index (χ4n) is 4.47. The first-order valence-corrected chi connectivity index (χ1v) is 13.8. The van der Waals surface area contributed by atoms with Gasteiger partial charge in [0.25, 0.3) is 0 Å². The molecule has 0 spiro atoms. The van der Waals surface area contributed by atoms with E-state index in [0.29, 0.717) is 38.6 Å². The normalized spacial score (nSPS) is 18.8. The van der Waals surface area contributed by atoms with Crippen molar-refractivity contribution >= 4 is 23.5 Å². The van der Waals surface area contributed by atoms with Crippen LogP contribution in [0.25, 0.3) is 0 Å². The highest BCUT2D eigenvalue weighted by Gasteiger charge is 2.39. The fourth-order valence-corrected chi connectivity index (χ4v) is 4.47. The maximum Gasteiger partial charge on any atom is 0.245 e. The van der Waals surface area contributed by atoms with Crippen molar-refractivity contribution in [1.29, 1.82) is 0 Å². The first-order chi connectivity index (χ1) is 17.6. The summed E-state index contributed by atoms with van der Waals surface area (Å²) in [6.07, 6.45) is 6.02. The lowest BCUT2D eigenvalue weighted by atomic mass is 9.97. The van der Waals surface area contributed by atoms with Crippen LogP contribution >= 0.6 is 0 Å². The summed E-state index contributed by atoms with van der Waals surface area (Å²) in [6, 6.07) is 7.07. The minimum atomic E-state index is -1.33. The van der Waals surface area contributed by atoms with Gasteiger partial charge in [0.2, 0.25) is 17.7 Å². The van der Waals surface area contributed by atoms with Crippen LogP contribution in [0.1, 0.15) is 84.6 Å². The van der Waals surface area contributed by atoms with E-state index in [-0.39, 0.29) is 35.8 Å². The number of hydrogen-bond donors (Lipinski definition) is 3. The molecule has 3 N–H and O–H groups in total. The van der Waals surface area contributed by atoms with Gasteiger partial charge >= 0.3 is 0 Å². The lowest BCUT2D eigenvalue weighted by molar-refractivity contribution is -0.142. The number of nitrogens with zero attached hydrogens (tertiary/aromatic N) is 1. The molecule has 8 heteroatoms. The van der Waals surface area contributed by atoms with Gasteiger partial charge in [-0.2, -0.15) is 0 Å². The molecule has 206 valence electrons. The Labute approximate surface area is 221 Å². The zero-order valence-electron chi connectivity index (χ0n) is 22.9. The lowest BCUT2D eigenvalue weighted by Gasteiger charge is -2.31. The highest BCUT2D eigenvalue weighted by molar-refractivity contribution is 5.93. The first-order valence-electron chi connectivity index (χ1n) is 13.8. The maximum absolute atomic E-state index is 13.2. The topological polar surface area (TPSA) is 116 Å². The van der Waals surface area contributed by atoms with Gasteiger partial charge in [-0.1, -0.05) is 76.8 Å². The van der Waals surface area contributed by atoms with Crippen molar-refractivity contribution in [2.75, 3.05) is 6.54 Å². The Bertz CT molecular complexity index is 884. The quantitative estimate of drug-likeness (QED) is 0.396. The molecule has 1 aliphatic carbocycles. The number of amides is 3. The van der Waals surface area contributed by atoms with E-state index in [2.05, 4.69) is 10.6 Å². The van der Waals surface area contributed by atoms with Crippen LogP contribution in [-0.2, 0) is 25.6 Å². The first kappa shape index (κ1) is 30.5. The smallest absolute Gasteiger partial charge is 0.245 e. The minimum Gasteiger partial charge on any atom is -0.383 e. The van der Waals surface area contributed by atoms with Gasteiger partial charge in [-0.25, -0.2) is 0 Å². The highest BCUT2D eigenvalue weighted by atomic mass is 16.3. The van der Waals surface area contributed by atoms with Crippen LogP contribution in [0.15, 0.2) is 30.3 Å². The molecule has 1 aliphatic heterocycles. The van der Waals surface area contributed by atoms with Gasteiger partial charge in [-0.3, -0.25) is 19.2 Å². The zero-order chi connectivity index (χ0) is 27.4.